The zero-order valence-electron chi connectivity index (χ0n) is 35.1. The highest BCUT2D eigenvalue weighted by Gasteiger charge is 2.13. The van der Waals surface area contributed by atoms with Gasteiger partial charge < -0.3 is 47.4 Å². The Morgan fingerprint density at radius 1 is 0.362 bits per heavy atom. The highest BCUT2D eigenvalue weighted by molar-refractivity contribution is 5.72. The lowest BCUT2D eigenvalue weighted by atomic mass is 10.2. The Hall–Kier alpha value is -4.18. The van der Waals surface area contributed by atoms with Crippen molar-refractivity contribution in [2.24, 2.45) is 0 Å². The van der Waals surface area contributed by atoms with Gasteiger partial charge in [-0.1, -0.05) is 13.2 Å². The van der Waals surface area contributed by atoms with E-state index in [1.807, 2.05) is 0 Å². The van der Waals surface area contributed by atoms with E-state index in [0.717, 1.165) is 25.7 Å². The minimum Gasteiger partial charge on any atom is -0.502 e. The largest absolute Gasteiger partial charge is 0.502 e. The van der Waals surface area contributed by atoms with Crippen LogP contribution in [0, 0.1) is 0 Å². The van der Waals surface area contributed by atoms with Crippen LogP contribution in [0.1, 0.15) is 142 Å². The first-order valence-corrected chi connectivity index (χ1v) is 20.8. The van der Waals surface area contributed by atoms with E-state index < -0.39 is 24.5 Å². The van der Waals surface area contributed by atoms with Gasteiger partial charge >= 0.3 is 35.8 Å². The van der Waals surface area contributed by atoms with Crippen molar-refractivity contribution in [3.05, 3.63) is 25.7 Å². The van der Waals surface area contributed by atoms with Gasteiger partial charge in [-0.3, -0.25) is 28.8 Å². The van der Waals surface area contributed by atoms with Gasteiger partial charge in [-0.25, -0.2) is 0 Å². The Bertz CT molecular complexity index is 1040. The fraction of sp³-hybridized carbons (Fsp3) is 0.762. The van der Waals surface area contributed by atoms with Gasteiger partial charge in [0.2, 0.25) is 0 Å². The summed E-state index contributed by atoms with van der Waals surface area (Å²) in [5, 5.41) is 0. The highest BCUT2D eigenvalue weighted by atomic mass is 16.7. The van der Waals surface area contributed by atoms with E-state index in [1.54, 1.807) is 13.8 Å². The van der Waals surface area contributed by atoms with Crippen molar-refractivity contribution < 1.29 is 76.1 Å². The normalized spacial score (nSPS) is 11.7. The molecule has 0 aliphatic heterocycles. The maximum atomic E-state index is 12.1. The van der Waals surface area contributed by atoms with Gasteiger partial charge in [0, 0.05) is 38.5 Å². The van der Waals surface area contributed by atoms with Gasteiger partial charge in [0.15, 0.2) is 12.6 Å². The first kappa shape index (κ1) is 53.8. The number of rotatable bonds is 41. The molecular formula is C42H70O16. The van der Waals surface area contributed by atoms with Crippen LogP contribution in [0.5, 0.6) is 0 Å². The van der Waals surface area contributed by atoms with Crippen LogP contribution in [-0.4, -0.2) is 101 Å². The first-order valence-electron chi connectivity index (χ1n) is 20.8. The van der Waals surface area contributed by atoms with Crippen LogP contribution in [0.3, 0.4) is 0 Å². The minimum absolute atomic E-state index is 0.129. The van der Waals surface area contributed by atoms with Crippen LogP contribution in [0.2, 0.25) is 0 Å². The molecule has 0 heterocycles. The minimum atomic E-state index is -0.735. The van der Waals surface area contributed by atoms with Crippen molar-refractivity contribution >= 4 is 35.8 Å². The number of hydrogen-bond acceptors (Lipinski definition) is 16. The third kappa shape index (κ3) is 38.7. The zero-order chi connectivity index (χ0) is 42.9. The van der Waals surface area contributed by atoms with Gasteiger partial charge in [0.25, 0.3) is 0 Å². The lowest BCUT2D eigenvalue weighted by molar-refractivity contribution is -0.177. The number of carbonyl (C=O) groups excluding carboxylic acids is 6. The molecule has 2 unspecified atom stereocenters. The maximum Gasteiger partial charge on any atom is 0.308 e. The third-order valence-corrected chi connectivity index (χ3v) is 8.01. The molecule has 334 valence electrons. The van der Waals surface area contributed by atoms with Gasteiger partial charge in [-0.05, 0) is 104 Å². The van der Waals surface area contributed by atoms with E-state index >= 15 is 0 Å². The van der Waals surface area contributed by atoms with Gasteiger partial charge in [0.1, 0.15) is 0 Å². The second-order valence-electron chi connectivity index (χ2n) is 13.3. The topological polar surface area (TPSA) is 195 Å². The molecule has 0 N–H and O–H groups in total. The fourth-order valence-corrected chi connectivity index (χ4v) is 4.85. The Morgan fingerprint density at radius 3 is 0.879 bits per heavy atom. The van der Waals surface area contributed by atoms with Crippen molar-refractivity contribution in [1.82, 2.24) is 0 Å². The maximum absolute atomic E-state index is 12.1. The summed E-state index contributed by atoms with van der Waals surface area (Å²) in [4.78, 5) is 71.4. The molecule has 0 radical (unpaired) electrons. The number of hydrogen-bond donors (Lipinski definition) is 0. The summed E-state index contributed by atoms with van der Waals surface area (Å²) in [5.41, 5.74) is 0. The lowest BCUT2D eigenvalue weighted by Gasteiger charge is -2.15. The molecule has 0 spiro atoms. The van der Waals surface area contributed by atoms with Crippen molar-refractivity contribution in [2.45, 2.75) is 155 Å². The van der Waals surface area contributed by atoms with Crippen LogP contribution in [0.25, 0.3) is 0 Å². The Kier molecular flexibility index (Phi) is 36.8. The summed E-state index contributed by atoms with van der Waals surface area (Å²) in [7, 11) is 0. The number of carbonyl (C=O) groups is 6. The van der Waals surface area contributed by atoms with E-state index in [-0.39, 0.29) is 75.6 Å². The van der Waals surface area contributed by atoms with E-state index in [0.29, 0.717) is 104 Å². The van der Waals surface area contributed by atoms with E-state index in [1.165, 1.54) is 12.5 Å². The predicted octanol–water partition coefficient (Wildman–Crippen LogP) is 7.09. The molecule has 0 bridgehead atoms. The molecule has 16 heteroatoms. The molecule has 0 saturated carbocycles. The second-order valence-corrected chi connectivity index (χ2v) is 13.3. The molecule has 0 aliphatic carbocycles. The van der Waals surface area contributed by atoms with Crippen LogP contribution in [0.4, 0.5) is 0 Å². The smallest absolute Gasteiger partial charge is 0.308 e. The van der Waals surface area contributed by atoms with Gasteiger partial charge in [-0.2, -0.15) is 0 Å². The van der Waals surface area contributed by atoms with Crippen molar-refractivity contribution in [3.8, 4) is 0 Å². The first-order chi connectivity index (χ1) is 28.1. The fourth-order valence-electron chi connectivity index (χ4n) is 4.85. The molecule has 0 rings (SSSR count). The van der Waals surface area contributed by atoms with E-state index in [2.05, 4.69) is 13.2 Å². The molecule has 0 fully saturated rings. The molecule has 2 atom stereocenters. The van der Waals surface area contributed by atoms with Crippen LogP contribution in [0.15, 0.2) is 25.7 Å². The molecule has 0 aliphatic rings. The molecule has 0 amide bonds. The number of esters is 6. The summed E-state index contributed by atoms with van der Waals surface area (Å²) in [6, 6.07) is 0. The predicted molar refractivity (Wildman–Crippen MR) is 211 cm³/mol. The summed E-state index contributed by atoms with van der Waals surface area (Å²) < 4.78 is 52.2. The molecule has 0 aromatic rings. The van der Waals surface area contributed by atoms with Crippen LogP contribution < -0.4 is 0 Å². The Morgan fingerprint density at radius 2 is 0.603 bits per heavy atom. The van der Waals surface area contributed by atoms with E-state index in [4.69, 9.17) is 47.4 Å². The quantitative estimate of drug-likeness (QED) is 0.0199. The average molecular weight is 831 g/mol. The summed E-state index contributed by atoms with van der Waals surface area (Å²) >= 11 is 0. The molecular weight excluding hydrogens is 760 g/mol. The molecule has 16 nitrogen and oxygen atoms in total. The summed E-state index contributed by atoms with van der Waals surface area (Å²) in [6.45, 7) is 13.1. The lowest BCUT2D eigenvalue weighted by Crippen LogP contribution is -2.19. The van der Waals surface area contributed by atoms with Crippen LogP contribution >= 0.6 is 0 Å². The van der Waals surface area contributed by atoms with Crippen LogP contribution in [-0.2, 0) is 76.1 Å². The molecule has 0 saturated heterocycles. The molecule has 0 aromatic heterocycles. The number of unbranched alkanes of at least 4 members (excludes halogenated alkanes) is 7. The SMILES string of the molecule is C=COCCCCOC(=O)CCCCC(=O)OCCCCOC(C)OC(=O)CCCCC(=O)OC(C)OCCCCOC(=O)CCCCC(=O)OCCCCOC=C. The zero-order valence-corrected chi connectivity index (χ0v) is 35.1. The number of ether oxygens (including phenoxy) is 10. The molecule has 58 heavy (non-hydrogen) atoms. The van der Waals surface area contributed by atoms with Gasteiger partial charge in [0.05, 0.1) is 65.4 Å². The monoisotopic (exact) mass is 830 g/mol. The second kappa shape index (κ2) is 39.6. The van der Waals surface area contributed by atoms with E-state index in [9.17, 15) is 28.8 Å². The van der Waals surface area contributed by atoms with Crippen molar-refractivity contribution in [3.63, 3.8) is 0 Å². The Labute approximate surface area is 344 Å². The van der Waals surface area contributed by atoms with Crippen molar-refractivity contribution in [1.29, 1.82) is 0 Å². The average Bonchev–Trinajstić information content (AvgIpc) is 3.19. The molecule has 0 aromatic carbocycles. The third-order valence-electron chi connectivity index (χ3n) is 8.01. The van der Waals surface area contributed by atoms with Gasteiger partial charge in [-0.15, -0.1) is 0 Å². The summed E-state index contributed by atoms with van der Waals surface area (Å²) in [5.74, 6) is -2.07. The van der Waals surface area contributed by atoms with Crippen molar-refractivity contribution in [2.75, 3.05) is 52.9 Å². The Balaban J connectivity index is 3.66. The highest BCUT2D eigenvalue weighted by Crippen LogP contribution is 2.09. The summed E-state index contributed by atoms with van der Waals surface area (Å²) in [6.07, 6.45) is 11.0. The standard InChI is InChI=1S/C42H70O16/c1-5-49-27-13-15-31-53-37(43)21-7-9-23-39(45)55-33-19-17-29-51-35(3)57-41(47)25-11-12-26-42(48)58-36(4)52-30-18-20-34-56-40(46)24-10-8-22-38(44)54-32-16-14-28-50-6-2/h5-6,35-36H,1-2,7-34H2,3-4H3.